The first-order valence-electron chi connectivity index (χ1n) is 8.13. The Hall–Kier alpha value is -0.450. The molecule has 1 fully saturated rings. The Bertz CT molecular complexity index is 445. The molecule has 0 saturated heterocycles. The van der Waals surface area contributed by atoms with E-state index in [1.807, 2.05) is 0 Å². The van der Waals surface area contributed by atoms with Crippen LogP contribution in [0.25, 0.3) is 0 Å². The molecule has 1 aliphatic carbocycles. The predicted molar refractivity (Wildman–Crippen MR) is 90.0 cm³/mol. The van der Waals surface area contributed by atoms with Crippen molar-refractivity contribution in [3.63, 3.8) is 0 Å². The van der Waals surface area contributed by atoms with E-state index in [9.17, 15) is 0 Å². The lowest BCUT2D eigenvalue weighted by Gasteiger charge is -2.47. The Morgan fingerprint density at radius 2 is 2.00 bits per heavy atom. The van der Waals surface area contributed by atoms with Gasteiger partial charge in [0.05, 0.1) is 16.3 Å². The summed E-state index contributed by atoms with van der Waals surface area (Å²) in [5.74, 6) is 0. The number of likely N-dealkylation sites (N-methyl/N-ethyl adjacent to an activating group) is 1. The molecule has 1 aromatic heterocycles. The first-order chi connectivity index (χ1) is 9.91. The van der Waals surface area contributed by atoms with Crippen molar-refractivity contribution in [3.8, 4) is 0 Å². The fraction of sp³-hybridized carbons (Fsp3) is 0.824. The molecular formula is C17H30N2OS. The van der Waals surface area contributed by atoms with Crippen LogP contribution >= 0.6 is 11.3 Å². The van der Waals surface area contributed by atoms with Crippen LogP contribution in [0.4, 0.5) is 0 Å². The molecule has 1 heterocycles. The SMILES string of the molecule is CCOC1(C(Cc2csc(C)n2)NC)CCC(C)(C)CC1. The molecule has 120 valence electrons. The van der Waals surface area contributed by atoms with E-state index in [1.54, 1.807) is 11.3 Å². The van der Waals surface area contributed by atoms with Crippen molar-refractivity contribution in [1.29, 1.82) is 0 Å². The number of aryl methyl sites for hydroxylation is 1. The minimum Gasteiger partial charge on any atom is -0.374 e. The smallest absolute Gasteiger partial charge is 0.0897 e. The Morgan fingerprint density at radius 1 is 1.33 bits per heavy atom. The van der Waals surface area contributed by atoms with E-state index in [4.69, 9.17) is 4.74 Å². The van der Waals surface area contributed by atoms with E-state index in [0.717, 1.165) is 30.9 Å². The van der Waals surface area contributed by atoms with Crippen molar-refractivity contribution in [1.82, 2.24) is 10.3 Å². The maximum atomic E-state index is 6.31. The van der Waals surface area contributed by atoms with E-state index >= 15 is 0 Å². The number of hydrogen-bond acceptors (Lipinski definition) is 4. The van der Waals surface area contributed by atoms with Gasteiger partial charge in [0, 0.05) is 24.4 Å². The molecule has 0 radical (unpaired) electrons. The highest BCUT2D eigenvalue weighted by molar-refractivity contribution is 7.09. The van der Waals surface area contributed by atoms with E-state index in [1.165, 1.54) is 18.5 Å². The van der Waals surface area contributed by atoms with Gasteiger partial charge < -0.3 is 10.1 Å². The molecule has 0 amide bonds. The molecule has 0 spiro atoms. The highest BCUT2D eigenvalue weighted by Crippen LogP contribution is 2.44. The maximum Gasteiger partial charge on any atom is 0.0897 e. The van der Waals surface area contributed by atoms with Crippen LogP contribution in [-0.4, -0.2) is 30.3 Å². The second kappa shape index (κ2) is 6.76. The van der Waals surface area contributed by atoms with Gasteiger partial charge in [-0.15, -0.1) is 11.3 Å². The van der Waals surface area contributed by atoms with Crippen molar-refractivity contribution >= 4 is 11.3 Å². The van der Waals surface area contributed by atoms with Crippen LogP contribution in [0.1, 0.15) is 57.2 Å². The summed E-state index contributed by atoms with van der Waals surface area (Å²) in [7, 11) is 2.06. The number of nitrogens with zero attached hydrogens (tertiary/aromatic N) is 1. The molecule has 0 bridgehead atoms. The first kappa shape index (κ1) is 16.9. The van der Waals surface area contributed by atoms with E-state index < -0.39 is 0 Å². The number of ether oxygens (including phenoxy) is 1. The van der Waals surface area contributed by atoms with Crippen LogP contribution in [0.15, 0.2) is 5.38 Å². The third kappa shape index (κ3) is 4.05. The van der Waals surface area contributed by atoms with Gasteiger partial charge in [-0.2, -0.15) is 0 Å². The molecule has 1 atom stereocenters. The Kier molecular flexibility index (Phi) is 5.44. The van der Waals surface area contributed by atoms with Crippen molar-refractivity contribution < 1.29 is 4.74 Å². The van der Waals surface area contributed by atoms with Crippen LogP contribution in [0.2, 0.25) is 0 Å². The van der Waals surface area contributed by atoms with Gasteiger partial charge in [0.1, 0.15) is 0 Å². The Balaban J connectivity index is 2.14. The third-order valence-corrected chi connectivity index (χ3v) is 5.77. The minimum atomic E-state index is -0.0312. The van der Waals surface area contributed by atoms with Gasteiger partial charge >= 0.3 is 0 Å². The molecule has 2 rings (SSSR count). The monoisotopic (exact) mass is 310 g/mol. The lowest BCUT2D eigenvalue weighted by atomic mass is 9.68. The molecule has 1 N–H and O–H groups in total. The van der Waals surface area contributed by atoms with Gasteiger partial charge in [-0.05, 0) is 52.0 Å². The van der Waals surface area contributed by atoms with Gasteiger partial charge in [0.15, 0.2) is 0 Å². The molecule has 4 heteroatoms. The average molecular weight is 311 g/mol. The summed E-state index contributed by atoms with van der Waals surface area (Å²) in [5.41, 5.74) is 1.62. The van der Waals surface area contributed by atoms with Crippen molar-refractivity contribution in [2.45, 2.75) is 71.4 Å². The van der Waals surface area contributed by atoms with Crippen molar-refractivity contribution in [3.05, 3.63) is 16.1 Å². The Labute approximate surface area is 133 Å². The zero-order chi connectivity index (χ0) is 15.5. The third-order valence-electron chi connectivity index (χ3n) is 4.95. The second-order valence-corrected chi connectivity index (χ2v) is 8.13. The summed E-state index contributed by atoms with van der Waals surface area (Å²) in [6.45, 7) is 9.72. The highest BCUT2D eigenvalue weighted by atomic mass is 32.1. The van der Waals surface area contributed by atoms with Gasteiger partial charge in [0.2, 0.25) is 0 Å². The second-order valence-electron chi connectivity index (χ2n) is 7.07. The number of aromatic nitrogens is 1. The fourth-order valence-corrected chi connectivity index (χ4v) is 4.12. The molecule has 1 aliphatic rings. The van der Waals surface area contributed by atoms with Crippen LogP contribution < -0.4 is 5.32 Å². The number of thiazole rings is 1. The summed E-state index contributed by atoms with van der Waals surface area (Å²) in [4.78, 5) is 4.64. The van der Waals surface area contributed by atoms with E-state index in [2.05, 4.69) is 50.4 Å². The van der Waals surface area contributed by atoms with Crippen LogP contribution in [0.5, 0.6) is 0 Å². The highest BCUT2D eigenvalue weighted by Gasteiger charge is 2.44. The van der Waals surface area contributed by atoms with Crippen LogP contribution in [-0.2, 0) is 11.2 Å². The summed E-state index contributed by atoms with van der Waals surface area (Å²) in [6, 6.07) is 0.343. The minimum absolute atomic E-state index is 0.0312. The molecule has 0 aliphatic heterocycles. The Morgan fingerprint density at radius 3 is 2.48 bits per heavy atom. The summed E-state index contributed by atoms with van der Waals surface area (Å²) >= 11 is 1.74. The van der Waals surface area contributed by atoms with Crippen LogP contribution in [0.3, 0.4) is 0 Å². The molecule has 1 aromatic rings. The van der Waals surface area contributed by atoms with Crippen molar-refractivity contribution in [2.24, 2.45) is 5.41 Å². The molecule has 21 heavy (non-hydrogen) atoms. The van der Waals surface area contributed by atoms with E-state index in [0.29, 0.717) is 11.5 Å². The van der Waals surface area contributed by atoms with Crippen LogP contribution in [0, 0.1) is 12.3 Å². The normalized spacial score (nSPS) is 22.1. The van der Waals surface area contributed by atoms with Gasteiger partial charge in [-0.1, -0.05) is 13.8 Å². The summed E-state index contributed by atoms with van der Waals surface area (Å²) < 4.78 is 6.31. The first-order valence-corrected chi connectivity index (χ1v) is 9.01. The molecule has 1 unspecified atom stereocenters. The zero-order valence-corrected chi connectivity index (χ0v) is 15.0. The summed E-state index contributed by atoms with van der Waals surface area (Å²) in [6.07, 6.45) is 5.72. The van der Waals surface area contributed by atoms with Gasteiger partial charge in [0.25, 0.3) is 0 Å². The quantitative estimate of drug-likeness (QED) is 0.863. The van der Waals surface area contributed by atoms with Gasteiger partial charge in [-0.3, -0.25) is 0 Å². The topological polar surface area (TPSA) is 34.1 Å². The number of rotatable bonds is 6. The molecule has 0 aromatic carbocycles. The molecule has 3 nitrogen and oxygen atoms in total. The molecular weight excluding hydrogens is 280 g/mol. The van der Waals surface area contributed by atoms with Gasteiger partial charge in [-0.25, -0.2) is 4.98 Å². The fourth-order valence-electron chi connectivity index (χ4n) is 3.49. The number of nitrogens with one attached hydrogen (secondary N) is 1. The molecule has 1 saturated carbocycles. The lowest BCUT2D eigenvalue weighted by Crippen LogP contribution is -2.55. The number of hydrogen-bond donors (Lipinski definition) is 1. The van der Waals surface area contributed by atoms with E-state index in [-0.39, 0.29) is 5.60 Å². The standard InChI is InChI=1S/C17H30N2OS/c1-6-20-17(9-7-16(3,4)8-10-17)15(18-5)11-14-12-21-13(2)19-14/h12,15,18H,6-11H2,1-5H3. The maximum absolute atomic E-state index is 6.31. The predicted octanol–water partition coefficient (Wildman–Crippen LogP) is 3.96. The van der Waals surface area contributed by atoms with Crippen molar-refractivity contribution in [2.75, 3.05) is 13.7 Å². The lowest BCUT2D eigenvalue weighted by molar-refractivity contribution is -0.105. The average Bonchev–Trinajstić information content (AvgIpc) is 2.85. The largest absolute Gasteiger partial charge is 0.374 e. The summed E-state index contributed by atoms with van der Waals surface area (Å²) in [5, 5.41) is 6.86. The zero-order valence-electron chi connectivity index (χ0n) is 14.2.